The topological polar surface area (TPSA) is 183 Å². The molecule has 14 nitrogen and oxygen atoms in total. The number of carbonyl (C=O) groups excluding carboxylic acids is 3. The van der Waals surface area contributed by atoms with Crippen molar-refractivity contribution in [2.45, 2.75) is 65.3 Å². The highest BCUT2D eigenvalue weighted by atomic mass is 35.5. The number of likely N-dealkylation sites (tertiary alicyclic amines) is 1. The number of pyridine rings is 1. The molecule has 0 aliphatic carbocycles. The summed E-state index contributed by atoms with van der Waals surface area (Å²) in [6.45, 7) is 11.9. The third kappa shape index (κ3) is 8.53. The standard InChI is InChI=1S/C37H45ClN10O4S/c1-21(23-6-8-24(9-7-23)31-22(2)41-20-53-31)42-35(51)28-17-26(49)19-48(28)36(52)32(37(3,4)5)43-34(50)25-10-11-40-30(16-25)47-14-12-46(13-15-47)27-18-29(38)44-45-33(27)39/h6-11,16,18,20-21,26,28,32,49H,12-15,17,19H2,1-5H3,(H2,39,45)(H,42,51)(H,43,50)/t21-,26+,28-,32+/m0/s1. The molecule has 53 heavy (non-hydrogen) atoms. The molecule has 3 aromatic heterocycles. The number of aliphatic hydroxyl groups excluding tert-OH is 1. The second-order valence-electron chi connectivity index (χ2n) is 14.6. The lowest BCUT2D eigenvalue weighted by molar-refractivity contribution is -0.142. The highest BCUT2D eigenvalue weighted by Gasteiger charge is 2.45. The van der Waals surface area contributed by atoms with Gasteiger partial charge in [0.2, 0.25) is 11.8 Å². The molecular weight excluding hydrogens is 716 g/mol. The van der Waals surface area contributed by atoms with Gasteiger partial charge < -0.3 is 36.2 Å². The third-order valence-corrected chi connectivity index (χ3v) is 10.9. The van der Waals surface area contributed by atoms with Crippen molar-refractivity contribution in [3.8, 4) is 10.4 Å². The van der Waals surface area contributed by atoms with Gasteiger partial charge in [0.15, 0.2) is 11.0 Å². The molecule has 16 heteroatoms. The zero-order chi connectivity index (χ0) is 38.0. The Bertz CT molecular complexity index is 1960. The van der Waals surface area contributed by atoms with E-state index in [0.717, 1.165) is 27.4 Å². The molecule has 0 unspecified atom stereocenters. The van der Waals surface area contributed by atoms with Crippen LogP contribution in [0.3, 0.4) is 0 Å². The summed E-state index contributed by atoms with van der Waals surface area (Å²) >= 11 is 7.62. The van der Waals surface area contributed by atoms with Gasteiger partial charge in [-0.05, 0) is 42.5 Å². The lowest BCUT2D eigenvalue weighted by atomic mass is 9.85. The van der Waals surface area contributed by atoms with Gasteiger partial charge in [0.05, 0.1) is 33.9 Å². The van der Waals surface area contributed by atoms with Crippen molar-refractivity contribution >= 4 is 58.0 Å². The van der Waals surface area contributed by atoms with E-state index in [9.17, 15) is 19.5 Å². The van der Waals surface area contributed by atoms with E-state index < -0.39 is 35.4 Å². The Morgan fingerprint density at radius 2 is 1.70 bits per heavy atom. The lowest BCUT2D eigenvalue weighted by Crippen LogP contribution is -2.57. The summed E-state index contributed by atoms with van der Waals surface area (Å²) in [6, 6.07) is 10.7. The largest absolute Gasteiger partial charge is 0.391 e. The van der Waals surface area contributed by atoms with Crippen LogP contribution in [0.5, 0.6) is 0 Å². The minimum Gasteiger partial charge on any atom is -0.391 e. The first-order valence-corrected chi connectivity index (χ1v) is 18.8. The molecule has 0 spiro atoms. The number of anilines is 3. The minimum absolute atomic E-state index is 0.0184. The highest BCUT2D eigenvalue weighted by molar-refractivity contribution is 7.13. The third-order valence-electron chi connectivity index (χ3n) is 9.75. The first-order chi connectivity index (χ1) is 25.2. The summed E-state index contributed by atoms with van der Waals surface area (Å²) < 4.78 is 0. The molecule has 4 atom stereocenters. The Morgan fingerprint density at radius 1 is 1.00 bits per heavy atom. The molecule has 6 rings (SSSR count). The number of rotatable bonds is 9. The van der Waals surface area contributed by atoms with Crippen molar-refractivity contribution in [2.75, 3.05) is 48.3 Å². The first-order valence-electron chi connectivity index (χ1n) is 17.5. The van der Waals surface area contributed by atoms with E-state index >= 15 is 0 Å². The number of hydrogen-bond acceptors (Lipinski definition) is 12. The quantitative estimate of drug-likeness (QED) is 0.195. The van der Waals surface area contributed by atoms with Crippen LogP contribution in [0.25, 0.3) is 10.4 Å². The maximum Gasteiger partial charge on any atom is 0.252 e. The number of aromatic nitrogens is 4. The van der Waals surface area contributed by atoms with Gasteiger partial charge in [-0.15, -0.1) is 21.5 Å². The summed E-state index contributed by atoms with van der Waals surface area (Å²) in [5.41, 5.74) is 11.1. The van der Waals surface area contributed by atoms with Crippen molar-refractivity contribution in [3.63, 3.8) is 0 Å². The van der Waals surface area contributed by atoms with Crippen LogP contribution < -0.4 is 26.2 Å². The van der Waals surface area contributed by atoms with E-state index in [1.807, 2.05) is 64.4 Å². The molecule has 3 amide bonds. The number of amides is 3. The normalized spacial score (nSPS) is 18.8. The van der Waals surface area contributed by atoms with Crippen LogP contribution in [0.15, 0.2) is 54.2 Å². The average molecular weight is 761 g/mol. The molecule has 2 aliphatic rings. The van der Waals surface area contributed by atoms with Crippen LogP contribution in [0.1, 0.15) is 61.8 Å². The highest BCUT2D eigenvalue weighted by Crippen LogP contribution is 2.30. The van der Waals surface area contributed by atoms with Crippen LogP contribution in [0, 0.1) is 12.3 Å². The molecule has 2 aliphatic heterocycles. The van der Waals surface area contributed by atoms with Gasteiger partial charge in [0.25, 0.3) is 5.91 Å². The van der Waals surface area contributed by atoms with Crippen molar-refractivity contribution in [3.05, 3.63) is 76.1 Å². The zero-order valence-electron chi connectivity index (χ0n) is 30.4. The van der Waals surface area contributed by atoms with Crippen molar-refractivity contribution in [1.82, 2.24) is 35.7 Å². The maximum absolute atomic E-state index is 14.2. The number of thiazole rings is 1. The molecule has 5 N–H and O–H groups in total. The van der Waals surface area contributed by atoms with Gasteiger partial charge in [-0.1, -0.05) is 56.6 Å². The Morgan fingerprint density at radius 3 is 2.36 bits per heavy atom. The Kier molecular flexibility index (Phi) is 11.2. The zero-order valence-corrected chi connectivity index (χ0v) is 32.0. The van der Waals surface area contributed by atoms with Gasteiger partial charge in [0.1, 0.15) is 17.9 Å². The van der Waals surface area contributed by atoms with Crippen LogP contribution in [-0.4, -0.2) is 98.8 Å². The van der Waals surface area contributed by atoms with E-state index in [1.54, 1.807) is 35.7 Å². The lowest BCUT2D eigenvalue weighted by Gasteiger charge is -2.37. The number of nitrogens with one attached hydrogen (secondary N) is 2. The van der Waals surface area contributed by atoms with E-state index in [1.165, 1.54) is 4.90 Å². The van der Waals surface area contributed by atoms with Crippen molar-refractivity contribution < 1.29 is 19.5 Å². The van der Waals surface area contributed by atoms with Crippen molar-refractivity contribution in [1.29, 1.82) is 0 Å². The molecule has 0 radical (unpaired) electrons. The van der Waals surface area contributed by atoms with E-state index in [0.29, 0.717) is 43.4 Å². The Hall–Kier alpha value is -4.86. The van der Waals surface area contributed by atoms with Crippen LogP contribution >= 0.6 is 22.9 Å². The smallest absolute Gasteiger partial charge is 0.252 e. The summed E-state index contributed by atoms with van der Waals surface area (Å²) in [6.07, 6.45) is 0.785. The fraction of sp³-hybridized carbons (Fsp3) is 0.432. The van der Waals surface area contributed by atoms with Gasteiger partial charge in [-0.2, -0.15) is 0 Å². The number of aryl methyl sites for hydroxylation is 1. The molecule has 1 aromatic carbocycles. The number of aliphatic hydroxyl groups is 1. The van der Waals surface area contributed by atoms with E-state index in [-0.39, 0.29) is 30.1 Å². The number of nitrogen functional groups attached to an aromatic ring is 1. The van der Waals surface area contributed by atoms with Gasteiger partial charge >= 0.3 is 0 Å². The number of nitrogens with zero attached hydrogens (tertiary/aromatic N) is 7. The second-order valence-corrected chi connectivity index (χ2v) is 15.8. The van der Waals surface area contributed by atoms with Crippen LogP contribution in [0.4, 0.5) is 17.3 Å². The van der Waals surface area contributed by atoms with Gasteiger partial charge in [0, 0.05) is 57.0 Å². The van der Waals surface area contributed by atoms with Crippen molar-refractivity contribution in [2.24, 2.45) is 5.41 Å². The van der Waals surface area contributed by atoms with Gasteiger partial charge in [-0.25, -0.2) is 9.97 Å². The molecule has 2 fully saturated rings. The van der Waals surface area contributed by atoms with Gasteiger partial charge in [-0.3, -0.25) is 14.4 Å². The van der Waals surface area contributed by atoms with E-state index in [2.05, 4.69) is 40.6 Å². The molecule has 280 valence electrons. The molecule has 5 heterocycles. The number of halogens is 1. The molecule has 0 saturated carbocycles. The summed E-state index contributed by atoms with van der Waals surface area (Å²) in [7, 11) is 0. The predicted octanol–water partition coefficient (Wildman–Crippen LogP) is 3.85. The molecular formula is C37H45ClN10O4S. The predicted molar refractivity (Wildman–Crippen MR) is 206 cm³/mol. The number of piperazine rings is 1. The number of carbonyl (C=O) groups is 3. The van der Waals surface area contributed by atoms with E-state index in [4.69, 9.17) is 17.3 Å². The first kappa shape index (κ1) is 37.9. The minimum atomic E-state index is -0.984. The fourth-order valence-corrected chi connectivity index (χ4v) is 7.71. The summed E-state index contributed by atoms with van der Waals surface area (Å²) in [4.78, 5) is 57.1. The van der Waals surface area contributed by atoms with Crippen LogP contribution in [0.2, 0.25) is 5.15 Å². The SMILES string of the molecule is Cc1ncsc1-c1ccc([C@H](C)NC(=O)[C@@H]2C[C@@H](O)CN2C(=O)[C@@H](NC(=O)c2ccnc(N3CCN(c4cc(Cl)nnc4N)CC3)c2)C(C)(C)C)cc1. The fourth-order valence-electron chi connectivity index (χ4n) is 6.76. The number of β-amino-alcohol motifs (C(OH)–C–C–N with tert-alkyl or cyclic N) is 1. The second kappa shape index (κ2) is 15.6. The summed E-state index contributed by atoms with van der Waals surface area (Å²) in [5.74, 6) is -0.325. The maximum atomic E-state index is 14.2. The number of benzene rings is 1. The Labute approximate surface area is 317 Å². The molecule has 4 aromatic rings. The number of nitrogens with two attached hydrogens (primary N) is 1. The monoisotopic (exact) mass is 760 g/mol. The average Bonchev–Trinajstić information content (AvgIpc) is 3.76. The Balaban J connectivity index is 1.11. The number of hydrogen-bond donors (Lipinski definition) is 4. The molecule has 2 saturated heterocycles. The molecule has 0 bridgehead atoms. The summed E-state index contributed by atoms with van der Waals surface area (Å²) in [5, 5.41) is 24.6. The van der Waals surface area contributed by atoms with Crippen LogP contribution in [-0.2, 0) is 9.59 Å².